The molecule has 7 nitrogen and oxygen atoms in total. The van der Waals surface area contributed by atoms with Crippen LogP contribution in [-0.4, -0.2) is 43.7 Å². The molecule has 1 aliphatic rings. The molecule has 7 heteroatoms. The van der Waals surface area contributed by atoms with Crippen LogP contribution in [0.3, 0.4) is 0 Å². The van der Waals surface area contributed by atoms with Gasteiger partial charge in [0.2, 0.25) is 5.95 Å². The second kappa shape index (κ2) is 5.31. The molecule has 3 rings (SSSR count). The molecule has 1 aliphatic heterocycles. The molecule has 0 atom stereocenters. The van der Waals surface area contributed by atoms with Gasteiger partial charge in [-0.05, 0) is 31.7 Å². The molecule has 0 spiro atoms. The fourth-order valence-corrected chi connectivity index (χ4v) is 2.84. The van der Waals surface area contributed by atoms with Crippen molar-refractivity contribution in [2.45, 2.75) is 33.1 Å². The van der Waals surface area contributed by atoms with Gasteiger partial charge in [0.1, 0.15) is 0 Å². The first-order chi connectivity index (χ1) is 10.1. The van der Waals surface area contributed by atoms with Crippen molar-refractivity contribution in [1.82, 2.24) is 19.6 Å². The zero-order valence-electron chi connectivity index (χ0n) is 12.3. The number of nitrogens with zero attached hydrogens (tertiary/aromatic N) is 5. The standard InChI is InChI=1S/C14H19N5O2/c1-3-11-9(2)8-15-13-16-14(17-19(11)13)18-6-4-10(5-7-18)12(20)21/h8,10H,3-7H2,1-2H3,(H,20,21). The van der Waals surface area contributed by atoms with Crippen molar-refractivity contribution in [2.75, 3.05) is 18.0 Å². The maximum Gasteiger partial charge on any atom is 0.306 e. The Morgan fingerprint density at radius 3 is 2.76 bits per heavy atom. The normalized spacial score (nSPS) is 16.6. The summed E-state index contributed by atoms with van der Waals surface area (Å²) >= 11 is 0. The molecule has 0 radical (unpaired) electrons. The molecule has 1 N–H and O–H groups in total. The van der Waals surface area contributed by atoms with E-state index in [2.05, 4.69) is 22.0 Å². The molecule has 0 saturated carbocycles. The summed E-state index contributed by atoms with van der Waals surface area (Å²) in [5.74, 6) is 0.299. The number of carbonyl (C=O) groups is 1. The Labute approximate surface area is 122 Å². The minimum atomic E-state index is -0.705. The van der Waals surface area contributed by atoms with Gasteiger partial charge in [-0.1, -0.05) is 6.92 Å². The number of piperidine rings is 1. The maximum atomic E-state index is 11.0. The molecule has 0 bridgehead atoms. The average molecular weight is 289 g/mol. The highest BCUT2D eigenvalue weighted by molar-refractivity contribution is 5.70. The van der Waals surface area contributed by atoms with Crippen LogP contribution >= 0.6 is 0 Å². The third-order valence-electron chi connectivity index (χ3n) is 4.13. The zero-order chi connectivity index (χ0) is 15.0. The summed E-state index contributed by atoms with van der Waals surface area (Å²) in [6.45, 7) is 5.45. The van der Waals surface area contributed by atoms with Crippen molar-refractivity contribution < 1.29 is 9.90 Å². The lowest BCUT2D eigenvalue weighted by molar-refractivity contribution is -0.142. The predicted octanol–water partition coefficient (Wildman–Crippen LogP) is 1.30. The lowest BCUT2D eigenvalue weighted by Crippen LogP contribution is -2.36. The van der Waals surface area contributed by atoms with E-state index in [1.54, 1.807) is 4.52 Å². The second-order valence-corrected chi connectivity index (χ2v) is 5.46. The van der Waals surface area contributed by atoms with Crippen LogP contribution in [0.1, 0.15) is 31.0 Å². The van der Waals surface area contributed by atoms with Gasteiger partial charge in [0.25, 0.3) is 5.78 Å². The van der Waals surface area contributed by atoms with Crippen LogP contribution in [-0.2, 0) is 11.2 Å². The van der Waals surface area contributed by atoms with E-state index < -0.39 is 5.97 Å². The van der Waals surface area contributed by atoms with Crippen molar-refractivity contribution >= 4 is 17.7 Å². The number of hydrogen-bond donors (Lipinski definition) is 1. The molecule has 1 fully saturated rings. The van der Waals surface area contributed by atoms with Crippen molar-refractivity contribution in [3.05, 3.63) is 17.5 Å². The highest BCUT2D eigenvalue weighted by Crippen LogP contribution is 2.22. The molecule has 3 heterocycles. The Morgan fingerprint density at radius 2 is 2.14 bits per heavy atom. The van der Waals surface area contributed by atoms with Crippen LogP contribution in [0.25, 0.3) is 5.78 Å². The van der Waals surface area contributed by atoms with E-state index >= 15 is 0 Å². The van der Waals surface area contributed by atoms with Gasteiger partial charge in [-0.2, -0.15) is 9.50 Å². The van der Waals surface area contributed by atoms with Gasteiger partial charge in [0.05, 0.1) is 11.6 Å². The van der Waals surface area contributed by atoms with Crippen LogP contribution in [0.15, 0.2) is 6.20 Å². The third-order valence-corrected chi connectivity index (χ3v) is 4.13. The van der Waals surface area contributed by atoms with E-state index in [0.29, 0.717) is 37.7 Å². The summed E-state index contributed by atoms with van der Waals surface area (Å²) in [5, 5.41) is 13.6. The van der Waals surface area contributed by atoms with Gasteiger partial charge in [-0.3, -0.25) is 4.79 Å². The van der Waals surface area contributed by atoms with Crippen molar-refractivity contribution in [3.63, 3.8) is 0 Å². The monoisotopic (exact) mass is 289 g/mol. The van der Waals surface area contributed by atoms with E-state index in [0.717, 1.165) is 17.7 Å². The number of carboxylic acids is 1. The third kappa shape index (κ3) is 2.43. The first-order valence-corrected chi connectivity index (χ1v) is 7.29. The minimum Gasteiger partial charge on any atom is -0.481 e. The first-order valence-electron chi connectivity index (χ1n) is 7.29. The number of fused-ring (bicyclic) bond motifs is 1. The molecule has 0 amide bonds. The summed E-state index contributed by atoms with van der Waals surface area (Å²) in [7, 11) is 0. The summed E-state index contributed by atoms with van der Waals surface area (Å²) in [6.07, 6.45) is 3.97. The van der Waals surface area contributed by atoms with Crippen molar-refractivity contribution in [2.24, 2.45) is 5.92 Å². The van der Waals surface area contributed by atoms with Crippen LogP contribution in [0, 0.1) is 12.8 Å². The van der Waals surface area contributed by atoms with Gasteiger partial charge in [-0.15, -0.1) is 5.10 Å². The average Bonchev–Trinajstić information content (AvgIpc) is 2.91. The second-order valence-electron chi connectivity index (χ2n) is 5.46. The van der Waals surface area contributed by atoms with Crippen molar-refractivity contribution in [3.8, 4) is 0 Å². The summed E-state index contributed by atoms with van der Waals surface area (Å²) in [5.41, 5.74) is 2.21. The largest absolute Gasteiger partial charge is 0.481 e. The van der Waals surface area contributed by atoms with Gasteiger partial charge in [-0.25, -0.2) is 4.98 Å². The molecule has 1 saturated heterocycles. The molecular formula is C14H19N5O2. The summed E-state index contributed by atoms with van der Waals surface area (Å²) < 4.78 is 1.80. The van der Waals surface area contributed by atoms with Crippen LogP contribution in [0.5, 0.6) is 0 Å². The van der Waals surface area contributed by atoms with E-state index in [4.69, 9.17) is 5.11 Å². The Morgan fingerprint density at radius 1 is 1.43 bits per heavy atom. The SMILES string of the molecule is CCc1c(C)cnc2nc(N3CCC(C(=O)O)CC3)nn12. The number of hydrogen-bond acceptors (Lipinski definition) is 5. The van der Waals surface area contributed by atoms with E-state index in [9.17, 15) is 4.79 Å². The van der Waals surface area contributed by atoms with Gasteiger partial charge < -0.3 is 10.0 Å². The molecule has 0 aliphatic carbocycles. The molecular weight excluding hydrogens is 270 g/mol. The number of anilines is 1. The van der Waals surface area contributed by atoms with E-state index in [1.165, 1.54) is 0 Å². The molecule has 112 valence electrons. The highest BCUT2D eigenvalue weighted by Gasteiger charge is 2.26. The number of aryl methyl sites for hydroxylation is 2. The van der Waals surface area contributed by atoms with Crippen LogP contribution in [0.4, 0.5) is 5.95 Å². The number of carboxylic acid groups (broad SMARTS) is 1. The predicted molar refractivity (Wildman–Crippen MR) is 77.5 cm³/mol. The maximum absolute atomic E-state index is 11.0. The van der Waals surface area contributed by atoms with Crippen molar-refractivity contribution in [1.29, 1.82) is 0 Å². The van der Waals surface area contributed by atoms with Crippen LogP contribution < -0.4 is 4.90 Å². The minimum absolute atomic E-state index is 0.246. The molecule has 21 heavy (non-hydrogen) atoms. The van der Waals surface area contributed by atoms with E-state index in [-0.39, 0.29) is 5.92 Å². The Balaban J connectivity index is 1.87. The van der Waals surface area contributed by atoms with E-state index in [1.807, 2.05) is 18.0 Å². The Kier molecular flexibility index (Phi) is 3.48. The molecule has 2 aromatic rings. The molecule has 0 aromatic carbocycles. The number of rotatable bonds is 3. The highest BCUT2D eigenvalue weighted by atomic mass is 16.4. The van der Waals surface area contributed by atoms with Crippen LogP contribution in [0.2, 0.25) is 0 Å². The zero-order valence-corrected chi connectivity index (χ0v) is 12.3. The summed E-state index contributed by atoms with van der Waals surface area (Å²) in [4.78, 5) is 21.8. The van der Waals surface area contributed by atoms with Gasteiger partial charge >= 0.3 is 5.97 Å². The number of aromatic nitrogens is 4. The fraction of sp³-hybridized carbons (Fsp3) is 0.571. The first kappa shape index (κ1) is 13.8. The summed E-state index contributed by atoms with van der Waals surface area (Å²) in [6, 6.07) is 0. The van der Waals surface area contributed by atoms with Gasteiger partial charge in [0.15, 0.2) is 0 Å². The Bertz CT molecular complexity index is 673. The number of aliphatic carboxylic acids is 1. The fourth-order valence-electron chi connectivity index (χ4n) is 2.84. The lowest BCUT2D eigenvalue weighted by atomic mass is 9.97. The molecule has 0 unspecified atom stereocenters. The quantitative estimate of drug-likeness (QED) is 0.917. The topological polar surface area (TPSA) is 83.6 Å². The Hall–Kier alpha value is -2.18. The van der Waals surface area contributed by atoms with Gasteiger partial charge in [0, 0.05) is 19.3 Å². The smallest absolute Gasteiger partial charge is 0.306 e. The lowest BCUT2D eigenvalue weighted by Gasteiger charge is -2.28. The molecule has 2 aromatic heterocycles.